The first-order chi connectivity index (χ1) is 5.74. The Bertz CT molecular complexity index is 341. The Labute approximate surface area is 72.6 Å². The lowest BCUT2D eigenvalue weighted by atomic mass is 10.2. The van der Waals surface area contributed by atoms with Gasteiger partial charge in [0.15, 0.2) is 0 Å². The van der Waals surface area contributed by atoms with Crippen molar-refractivity contribution in [3.8, 4) is 0 Å². The molecule has 0 saturated carbocycles. The van der Waals surface area contributed by atoms with E-state index in [2.05, 4.69) is 4.36 Å². The first-order valence-corrected chi connectivity index (χ1v) is 3.84. The Kier molecular flexibility index (Phi) is 2.71. The smallest absolute Gasteiger partial charge is 0.248 e. The average Bonchev–Trinajstić information content (AvgIpc) is 2.05. The minimum absolute atomic E-state index is 0.0980. The molecule has 1 aromatic carbocycles. The molecule has 2 N–H and O–H groups in total. The van der Waals surface area contributed by atoms with E-state index in [4.69, 9.17) is 5.73 Å². The van der Waals surface area contributed by atoms with Crippen LogP contribution in [0.5, 0.6) is 0 Å². The van der Waals surface area contributed by atoms with Gasteiger partial charge in [0.1, 0.15) is 0 Å². The summed E-state index contributed by atoms with van der Waals surface area (Å²) in [6.45, 7) is 0. The summed E-state index contributed by atoms with van der Waals surface area (Å²) in [5.41, 5.74) is 5.82. The third-order valence-corrected chi connectivity index (χ3v) is 1.56. The van der Waals surface area contributed by atoms with E-state index in [1.165, 1.54) is 6.07 Å². The summed E-state index contributed by atoms with van der Waals surface area (Å²) in [7, 11) is 0. The third kappa shape index (κ3) is 2.00. The topological polar surface area (TPSA) is 72.5 Å². The highest BCUT2D eigenvalue weighted by atomic mass is 32.1. The van der Waals surface area contributed by atoms with E-state index in [9.17, 15) is 9.00 Å². The Balaban J connectivity index is 3.11. The van der Waals surface area contributed by atoms with Crippen LogP contribution in [0.4, 0.5) is 5.69 Å². The number of carbonyl (C=O) groups is 1. The molecular formula is C7H6N2O2S. The van der Waals surface area contributed by atoms with Crippen molar-refractivity contribution >= 4 is 23.1 Å². The van der Waals surface area contributed by atoms with Gasteiger partial charge in [-0.25, -0.2) is 0 Å². The molecule has 0 aromatic heterocycles. The van der Waals surface area contributed by atoms with Crippen LogP contribution in [0.15, 0.2) is 28.6 Å². The number of nitrogens with two attached hydrogens (primary N) is 1. The number of primary amides is 1. The first kappa shape index (κ1) is 8.61. The summed E-state index contributed by atoms with van der Waals surface area (Å²) < 4.78 is 13.5. The maximum absolute atomic E-state index is 10.7. The Morgan fingerprint density at radius 2 is 2.25 bits per heavy atom. The second kappa shape index (κ2) is 3.77. The Hall–Kier alpha value is -1.49. The molecule has 0 bridgehead atoms. The molecule has 0 atom stereocenters. The molecule has 0 aliphatic heterocycles. The van der Waals surface area contributed by atoms with Gasteiger partial charge in [0.05, 0.1) is 5.69 Å². The van der Waals surface area contributed by atoms with E-state index in [1.54, 1.807) is 18.2 Å². The molecule has 5 heteroatoms. The van der Waals surface area contributed by atoms with Gasteiger partial charge >= 0.3 is 0 Å². The second-order valence-corrected chi connectivity index (χ2v) is 2.41. The van der Waals surface area contributed by atoms with Gasteiger partial charge in [-0.05, 0) is 18.2 Å². The molecular weight excluding hydrogens is 176 g/mol. The van der Waals surface area contributed by atoms with E-state index in [0.717, 1.165) is 0 Å². The summed E-state index contributed by atoms with van der Waals surface area (Å²) in [6.07, 6.45) is 0. The quantitative estimate of drug-likeness (QED) is 0.735. The van der Waals surface area contributed by atoms with Gasteiger partial charge < -0.3 is 5.73 Å². The van der Waals surface area contributed by atoms with Crippen LogP contribution in [0.2, 0.25) is 0 Å². The van der Waals surface area contributed by atoms with Gasteiger partial charge in [-0.15, -0.1) is 0 Å². The van der Waals surface area contributed by atoms with Crippen LogP contribution in [0.1, 0.15) is 10.4 Å². The van der Waals surface area contributed by atoms with E-state index in [0.29, 0.717) is 11.3 Å². The summed E-state index contributed by atoms with van der Waals surface area (Å²) in [6, 6.07) is 6.27. The summed E-state index contributed by atoms with van der Waals surface area (Å²) >= 11 is 0.0980. The number of rotatable bonds is 2. The highest BCUT2D eigenvalue weighted by Gasteiger charge is 1.99. The molecule has 1 rings (SSSR count). The highest BCUT2D eigenvalue weighted by molar-refractivity contribution is 7.54. The summed E-state index contributed by atoms with van der Waals surface area (Å²) in [5.74, 6) is -0.525. The fourth-order valence-corrected chi connectivity index (χ4v) is 0.959. The van der Waals surface area contributed by atoms with E-state index in [1.807, 2.05) is 0 Å². The van der Waals surface area contributed by atoms with E-state index < -0.39 is 5.91 Å². The number of amides is 1. The lowest BCUT2D eigenvalue weighted by molar-refractivity contribution is 0.100. The monoisotopic (exact) mass is 182 g/mol. The predicted octanol–water partition coefficient (Wildman–Crippen LogP) is 0.814. The molecule has 1 amide bonds. The average molecular weight is 182 g/mol. The molecule has 0 radical (unpaired) electrons. The van der Waals surface area contributed by atoms with Gasteiger partial charge in [-0.1, -0.05) is 6.07 Å². The number of hydrogen-bond acceptors (Lipinski definition) is 3. The van der Waals surface area contributed by atoms with Crippen molar-refractivity contribution < 1.29 is 9.00 Å². The van der Waals surface area contributed by atoms with Crippen molar-refractivity contribution in [1.82, 2.24) is 0 Å². The largest absolute Gasteiger partial charge is 0.366 e. The van der Waals surface area contributed by atoms with E-state index in [-0.39, 0.29) is 11.5 Å². The SMILES string of the molecule is NC(=O)c1cccc(N=S=O)c1. The van der Waals surface area contributed by atoms with Crippen LogP contribution in [-0.2, 0) is 11.5 Å². The number of carbonyl (C=O) groups excluding carboxylic acids is 1. The second-order valence-electron chi connectivity index (χ2n) is 2.08. The molecule has 4 nitrogen and oxygen atoms in total. The van der Waals surface area contributed by atoms with Crippen molar-refractivity contribution in [2.24, 2.45) is 10.1 Å². The van der Waals surface area contributed by atoms with Crippen molar-refractivity contribution in [3.63, 3.8) is 0 Å². The Morgan fingerprint density at radius 3 is 2.83 bits per heavy atom. The summed E-state index contributed by atoms with van der Waals surface area (Å²) in [4.78, 5) is 10.7. The number of nitrogens with zero attached hydrogens (tertiary/aromatic N) is 1. The molecule has 62 valence electrons. The standard InChI is InChI=1S/C7H6N2O2S/c8-7(10)5-2-1-3-6(4-5)9-12-11/h1-4H,(H2,8,10). The fraction of sp³-hybridized carbons (Fsp3) is 0. The zero-order chi connectivity index (χ0) is 8.97. The van der Waals surface area contributed by atoms with Gasteiger partial charge in [0, 0.05) is 5.56 Å². The summed E-state index contributed by atoms with van der Waals surface area (Å²) in [5, 5.41) is 0. The molecule has 0 fully saturated rings. The lowest BCUT2D eigenvalue weighted by Crippen LogP contribution is -2.10. The molecule has 0 saturated heterocycles. The van der Waals surface area contributed by atoms with Crippen molar-refractivity contribution in [1.29, 1.82) is 0 Å². The molecule has 0 aliphatic carbocycles. The fourth-order valence-electron chi connectivity index (χ4n) is 0.759. The zero-order valence-electron chi connectivity index (χ0n) is 6.06. The number of benzene rings is 1. The molecule has 12 heavy (non-hydrogen) atoms. The van der Waals surface area contributed by atoms with Gasteiger partial charge in [0.2, 0.25) is 17.4 Å². The molecule has 0 aliphatic rings. The van der Waals surface area contributed by atoms with Crippen LogP contribution < -0.4 is 5.73 Å². The normalized spacial score (nSPS) is 9.00. The van der Waals surface area contributed by atoms with Gasteiger partial charge in [0.25, 0.3) is 0 Å². The van der Waals surface area contributed by atoms with Crippen LogP contribution in [-0.4, -0.2) is 10.1 Å². The maximum Gasteiger partial charge on any atom is 0.248 e. The molecule has 0 spiro atoms. The van der Waals surface area contributed by atoms with E-state index >= 15 is 0 Å². The zero-order valence-corrected chi connectivity index (χ0v) is 6.88. The third-order valence-electron chi connectivity index (χ3n) is 1.27. The predicted molar refractivity (Wildman–Crippen MR) is 45.2 cm³/mol. The van der Waals surface area contributed by atoms with Gasteiger partial charge in [-0.3, -0.25) is 4.79 Å². The highest BCUT2D eigenvalue weighted by Crippen LogP contribution is 2.12. The van der Waals surface area contributed by atoms with Crippen LogP contribution in [0, 0.1) is 0 Å². The molecule has 0 heterocycles. The number of hydrogen-bond donors (Lipinski definition) is 1. The van der Waals surface area contributed by atoms with Gasteiger partial charge in [-0.2, -0.15) is 8.57 Å². The van der Waals surface area contributed by atoms with Crippen LogP contribution in [0.3, 0.4) is 0 Å². The van der Waals surface area contributed by atoms with Crippen molar-refractivity contribution in [2.75, 3.05) is 0 Å². The maximum atomic E-state index is 10.7. The van der Waals surface area contributed by atoms with Crippen LogP contribution in [0.25, 0.3) is 0 Å². The van der Waals surface area contributed by atoms with Crippen LogP contribution >= 0.6 is 0 Å². The Morgan fingerprint density at radius 1 is 1.50 bits per heavy atom. The first-order valence-electron chi connectivity index (χ1n) is 3.14. The minimum Gasteiger partial charge on any atom is -0.366 e. The van der Waals surface area contributed by atoms with Crippen molar-refractivity contribution in [2.45, 2.75) is 0 Å². The minimum atomic E-state index is -0.525. The lowest BCUT2D eigenvalue weighted by Gasteiger charge is -1.94. The van der Waals surface area contributed by atoms with Crippen molar-refractivity contribution in [3.05, 3.63) is 29.8 Å². The molecule has 1 aromatic rings. The molecule has 0 unspecified atom stereocenters.